The average molecular weight is 245 g/mol. The lowest BCUT2D eigenvalue weighted by atomic mass is 10.2. The molecule has 6 heteroatoms. The Hall–Kier alpha value is -1.14. The third-order valence-electron chi connectivity index (χ3n) is 2.58. The molecule has 1 fully saturated rings. The van der Waals surface area contributed by atoms with E-state index < -0.39 is 12.1 Å². The topological polar surface area (TPSA) is 76.1 Å². The van der Waals surface area contributed by atoms with Gasteiger partial charge in [-0.3, -0.25) is 4.79 Å². The molecule has 1 aliphatic rings. The molecule has 17 heavy (non-hydrogen) atoms. The summed E-state index contributed by atoms with van der Waals surface area (Å²) in [6.45, 7) is 6.04. The molecule has 1 N–H and O–H groups in total. The molecule has 1 rings (SSSR count). The maximum atomic E-state index is 11.8. The van der Waals surface area contributed by atoms with E-state index in [0.717, 1.165) is 0 Å². The summed E-state index contributed by atoms with van der Waals surface area (Å²) in [5.41, 5.74) is 0. The van der Waals surface area contributed by atoms with E-state index in [9.17, 15) is 9.59 Å². The molecule has 3 atom stereocenters. The fourth-order valence-electron chi connectivity index (χ4n) is 1.74. The minimum Gasteiger partial charge on any atom is -0.479 e. The van der Waals surface area contributed by atoms with Crippen LogP contribution in [-0.4, -0.2) is 59.9 Å². The normalized spacial score (nSPS) is 26.6. The quantitative estimate of drug-likeness (QED) is 0.761. The number of rotatable bonds is 4. The molecule has 0 saturated carbocycles. The minimum absolute atomic E-state index is 0.000373. The Morgan fingerprint density at radius 2 is 1.94 bits per heavy atom. The van der Waals surface area contributed by atoms with Crippen LogP contribution < -0.4 is 0 Å². The largest absolute Gasteiger partial charge is 0.479 e. The lowest BCUT2D eigenvalue weighted by molar-refractivity contribution is -0.157. The number of carboxylic acid groups (broad SMARTS) is 1. The van der Waals surface area contributed by atoms with Crippen LogP contribution >= 0.6 is 0 Å². The molecule has 1 aliphatic heterocycles. The summed E-state index contributed by atoms with van der Waals surface area (Å²) in [6.07, 6.45) is -0.964. The molecule has 0 aromatic heterocycles. The van der Waals surface area contributed by atoms with Crippen LogP contribution in [0.25, 0.3) is 0 Å². The van der Waals surface area contributed by atoms with Crippen molar-refractivity contribution < 1.29 is 24.2 Å². The van der Waals surface area contributed by atoms with Gasteiger partial charge in [0.25, 0.3) is 0 Å². The van der Waals surface area contributed by atoms with Crippen molar-refractivity contribution in [1.29, 1.82) is 0 Å². The Morgan fingerprint density at radius 3 is 2.41 bits per heavy atom. The standard InChI is InChI=1S/C11H19NO5/c1-7-4-12(5-8(2)17-7)10(13)6-16-9(3)11(14)15/h7-9H,4-6H2,1-3H3,(H,14,15). The lowest BCUT2D eigenvalue weighted by Crippen LogP contribution is -2.49. The van der Waals surface area contributed by atoms with Crippen LogP contribution in [0.2, 0.25) is 0 Å². The molecule has 3 unspecified atom stereocenters. The van der Waals surface area contributed by atoms with Crippen molar-refractivity contribution in [1.82, 2.24) is 4.90 Å². The van der Waals surface area contributed by atoms with Crippen molar-refractivity contribution in [3.8, 4) is 0 Å². The second-order valence-electron chi connectivity index (χ2n) is 4.35. The summed E-state index contributed by atoms with van der Waals surface area (Å²) in [4.78, 5) is 23.9. The number of nitrogens with zero attached hydrogens (tertiary/aromatic N) is 1. The van der Waals surface area contributed by atoms with Crippen molar-refractivity contribution in [2.45, 2.75) is 39.1 Å². The minimum atomic E-state index is -1.07. The van der Waals surface area contributed by atoms with Gasteiger partial charge < -0.3 is 19.5 Å². The number of hydrogen-bond acceptors (Lipinski definition) is 4. The van der Waals surface area contributed by atoms with Crippen molar-refractivity contribution in [2.75, 3.05) is 19.7 Å². The molecule has 98 valence electrons. The van der Waals surface area contributed by atoms with Crippen LogP contribution in [0.4, 0.5) is 0 Å². The number of hydrogen-bond donors (Lipinski definition) is 1. The number of ether oxygens (including phenoxy) is 2. The Morgan fingerprint density at radius 1 is 1.41 bits per heavy atom. The number of morpholine rings is 1. The summed E-state index contributed by atoms with van der Waals surface area (Å²) in [6, 6.07) is 0. The molecule has 1 amide bonds. The molecular weight excluding hydrogens is 226 g/mol. The summed E-state index contributed by atoms with van der Waals surface area (Å²) in [7, 11) is 0. The molecule has 0 aliphatic carbocycles. The van der Waals surface area contributed by atoms with E-state index in [4.69, 9.17) is 14.6 Å². The van der Waals surface area contributed by atoms with Crippen molar-refractivity contribution >= 4 is 11.9 Å². The SMILES string of the molecule is CC1CN(C(=O)COC(C)C(=O)O)CC(C)O1. The van der Waals surface area contributed by atoms with Gasteiger partial charge in [-0.1, -0.05) is 0 Å². The van der Waals surface area contributed by atoms with E-state index in [-0.39, 0.29) is 24.7 Å². The Labute approximate surface area is 100 Å². The molecule has 1 saturated heterocycles. The molecule has 6 nitrogen and oxygen atoms in total. The van der Waals surface area contributed by atoms with Gasteiger partial charge in [0.2, 0.25) is 5.91 Å². The number of aliphatic carboxylic acids is 1. The molecule has 0 aromatic rings. The van der Waals surface area contributed by atoms with Gasteiger partial charge in [0.05, 0.1) is 12.2 Å². The monoisotopic (exact) mass is 245 g/mol. The van der Waals surface area contributed by atoms with Crippen LogP contribution in [-0.2, 0) is 19.1 Å². The number of carboxylic acids is 1. The predicted molar refractivity (Wildman–Crippen MR) is 59.6 cm³/mol. The number of carbonyl (C=O) groups is 2. The summed E-state index contributed by atoms with van der Waals surface area (Å²) in [5.74, 6) is -1.26. The smallest absolute Gasteiger partial charge is 0.332 e. The molecule has 0 radical (unpaired) electrons. The van der Waals surface area contributed by atoms with E-state index >= 15 is 0 Å². The van der Waals surface area contributed by atoms with Crippen LogP contribution in [0.15, 0.2) is 0 Å². The first kappa shape index (κ1) is 13.9. The summed E-state index contributed by atoms with van der Waals surface area (Å²) >= 11 is 0. The Bertz CT molecular complexity index is 284. The molecule has 1 heterocycles. The van der Waals surface area contributed by atoms with Gasteiger partial charge in [-0.2, -0.15) is 0 Å². The van der Waals surface area contributed by atoms with E-state index in [1.807, 2.05) is 13.8 Å². The third-order valence-corrected chi connectivity index (χ3v) is 2.58. The zero-order chi connectivity index (χ0) is 13.0. The molecule has 0 spiro atoms. The molecule has 0 aromatic carbocycles. The van der Waals surface area contributed by atoms with E-state index in [1.165, 1.54) is 6.92 Å². The highest BCUT2D eigenvalue weighted by Gasteiger charge is 2.26. The lowest BCUT2D eigenvalue weighted by Gasteiger charge is -2.35. The van der Waals surface area contributed by atoms with E-state index in [1.54, 1.807) is 4.90 Å². The van der Waals surface area contributed by atoms with Gasteiger partial charge >= 0.3 is 5.97 Å². The van der Waals surface area contributed by atoms with Crippen molar-refractivity contribution in [3.05, 3.63) is 0 Å². The fraction of sp³-hybridized carbons (Fsp3) is 0.818. The first-order valence-electron chi connectivity index (χ1n) is 5.67. The van der Waals surface area contributed by atoms with Crippen LogP contribution in [0.3, 0.4) is 0 Å². The zero-order valence-corrected chi connectivity index (χ0v) is 10.4. The van der Waals surface area contributed by atoms with Gasteiger partial charge in [0, 0.05) is 13.1 Å². The highest BCUT2D eigenvalue weighted by atomic mass is 16.5. The van der Waals surface area contributed by atoms with E-state index in [2.05, 4.69) is 0 Å². The highest BCUT2D eigenvalue weighted by molar-refractivity contribution is 5.78. The summed E-state index contributed by atoms with van der Waals surface area (Å²) < 4.78 is 10.5. The maximum Gasteiger partial charge on any atom is 0.332 e. The first-order chi connectivity index (χ1) is 7.90. The van der Waals surface area contributed by atoms with Gasteiger partial charge in [-0.25, -0.2) is 4.79 Å². The van der Waals surface area contributed by atoms with Crippen molar-refractivity contribution in [3.63, 3.8) is 0 Å². The van der Waals surface area contributed by atoms with Gasteiger partial charge in [0.1, 0.15) is 6.61 Å². The summed E-state index contributed by atoms with van der Waals surface area (Å²) in [5, 5.41) is 8.62. The predicted octanol–water partition coefficient (Wildman–Crippen LogP) is 0.112. The van der Waals surface area contributed by atoms with E-state index in [0.29, 0.717) is 13.1 Å². The van der Waals surface area contributed by atoms with Gasteiger partial charge in [-0.15, -0.1) is 0 Å². The average Bonchev–Trinajstić information content (AvgIpc) is 2.23. The second kappa shape index (κ2) is 5.97. The zero-order valence-electron chi connectivity index (χ0n) is 10.4. The highest BCUT2D eigenvalue weighted by Crippen LogP contribution is 2.10. The van der Waals surface area contributed by atoms with Gasteiger partial charge in [-0.05, 0) is 20.8 Å². The van der Waals surface area contributed by atoms with Crippen LogP contribution in [0, 0.1) is 0 Å². The molecule has 0 bridgehead atoms. The number of amides is 1. The second-order valence-corrected chi connectivity index (χ2v) is 4.35. The molecular formula is C11H19NO5. The fourth-order valence-corrected chi connectivity index (χ4v) is 1.74. The van der Waals surface area contributed by atoms with Crippen LogP contribution in [0.5, 0.6) is 0 Å². The third kappa shape index (κ3) is 4.32. The van der Waals surface area contributed by atoms with Gasteiger partial charge in [0.15, 0.2) is 6.10 Å². The van der Waals surface area contributed by atoms with Crippen LogP contribution in [0.1, 0.15) is 20.8 Å². The first-order valence-corrected chi connectivity index (χ1v) is 5.67. The Balaban J connectivity index is 2.39. The van der Waals surface area contributed by atoms with Crippen molar-refractivity contribution in [2.24, 2.45) is 0 Å². The number of carbonyl (C=O) groups excluding carboxylic acids is 1. The Kier molecular flexibility index (Phi) is 4.89. The maximum absolute atomic E-state index is 11.8.